The highest BCUT2D eigenvalue weighted by Gasteiger charge is 2.01. The van der Waals surface area contributed by atoms with Crippen molar-refractivity contribution in [1.82, 2.24) is 15.0 Å². The van der Waals surface area contributed by atoms with Gasteiger partial charge in [0.2, 0.25) is 0 Å². The number of pyridine rings is 1. The Labute approximate surface area is 92.5 Å². The number of H-pyrrole nitrogens is 2. The largest absolute Gasteiger partial charge is 0.329 e. The van der Waals surface area contributed by atoms with Crippen molar-refractivity contribution in [1.29, 1.82) is 0 Å². The summed E-state index contributed by atoms with van der Waals surface area (Å²) in [7, 11) is 0. The van der Waals surface area contributed by atoms with Crippen LogP contribution in [0.5, 0.6) is 0 Å². The van der Waals surface area contributed by atoms with Gasteiger partial charge in [-0.05, 0) is 25.2 Å². The molecule has 2 N–H and O–H groups in total. The molecule has 0 bridgehead atoms. The van der Waals surface area contributed by atoms with Crippen LogP contribution in [0.25, 0.3) is 11.2 Å². The van der Waals surface area contributed by atoms with Gasteiger partial charge in [-0.2, -0.15) is 0 Å². The first-order valence-corrected chi connectivity index (χ1v) is 5.20. The lowest BCUT2D eigenvalue weighted by Crippen LogP contribution is -1.83. The van der Waals surface area contributed by atoms with E-state index in [0.717, 1.165) is 16.9 Å². The second-order valence-corrected chi connectivity index (χ2v) is 3.35. The molecule has 0 aromatic carbocycles. The van der Waals surface area contributed by atoms with Crippen molar-refractivity contribution < 1.29 is 0 Å². The van der Waals surface area contributed by atoms with Crippen LogP contribution in [-0.2, 0) is 0 Å². The maximum atomic E-state index is 5.87. The average Bonchev–Trinajstić information content (AvgIpc) is 2.49. The van der Waals surface area contributed by atoms with Crippen LogP contribution in [0.15, 0.2) is 6.07 Å². The molecule has 5 heteroatoms. The number of imidazole rings is 1. The lowest BCUT2D eigenvalue weighted by atomic mass is 10.3. The third kappa shape index (κ3) is 2.13. The quantitative estimate of drug-likeness (QED) is 0.678. The van der Waals surface area contributed by atoms with Gasteiger partial charge in [-0.15, -0.1) is 0 Å². The maximum absolute atomic E-state index is 5.87. The maximum Gasteiger partial charge on any atom is 0.176 e. The predicted molar refractivity (Wildman–Crippen MR) is 62.4 cm³/mol. The molecule has 0 amide bonds. The number of aryl methyl sites for hydroxylation is 1. The lowest BCUT2D eigenvalue weighted by molar-refractivity contribution is 1.21. The van der Waals surface area contributed by atoms with E-state index in [9.17, 15) is 0 Å². The summed E-state index contributed by atoms with van der Waals surface area (Å²) in [6.45, 7) is 5.85. The van der Waals surface area contributed by atoms with Gasteiger partial charge in [0.05, 0.1) is 16.2 Å². The minimum absolute atomic E-state index is 0.569. The molecular weight excluding hydrogens is 218 g/mol. The van der Waals surface area contributed by atoms with E-state index in [2.05, 4.69) is 15.0 Å². The van der Waals surface area contributed by atoms with Crippen LogP contribution >= 0.6 is 23.8 Å². The van der Waals surface area contributed by atoms with Gasteiger partial charge >= 0.3 is 0 Å². The number of rotatable bonds is 0. The fourth-order valence-electron chi connectivity index (χ4n) is 1.03. The summed E-state index contributed by atoms with van der Waals surface area (Å²) >= 11 is 10.8. The SMILES string of the molecule is CC.Cc1nc2[nH]c(=S)[nH]c2cc1Cl. The van der Waals surface area contributed by atoms with E-state index < -0.39 is 0 Å². The number of hydrogen-bond donors (Lipinski definition) is 2. The summed E-state index contributed by atoms with van der Waals surface area (Å²) in [5.41, 5.74) is 2.40. The van der Waals surface area contributed by atoms with Crippen molar-refractivity contribution in [3.63, 3.8) is 0 Å². The number of aromatic amines is 2. The van der Waals surface area contributed by atoms with E-state index >= 15 is 0 Å². The van der Waals surface area contributed by atoms with Gasteiger partial charge in [0.25, 0.3) is 0 Å². The molecule has 0 spiro atoms. The molecule has 14 heavy (non-hydrogen) atoms. The van der Waals surface area contributed by atoms with Crippen LogP contribution in [0.3, 0.4) is 0 Å². The standard InChI is InChI=1S/C7H6ClN3S.C2H6/c1-3-4(8)2-5-6(9-3)11-7(12)10-5;1-2/h2H,1H3,(H2,9,10,11,12);1-2H3. The summed E-state index contributed by atoms with van der Waals surface area (Å²) in [4.78, 5) is 10.1. The van der Waals surface area contributed by atoms with Crippen molar-refractivity contribution >= 4 is 35.0 Å². The van der Waals surface area contributed by atoms with Gasteiger partial charge in [-0.1, -0.05) is 25.4 Å². The first-order chi connectivity index (χ1) is 6.66. The van der Waals surface area contributed by atoms with E-state index in [1.807, 2.05) is 26.8 Å². The normalized spacial score (nSPS) is 9.71. The Morgan fingerprint density at radius 2 is 2.00 bits per heavy atom. The molecule has 0 radical (unpaired) electrons. The van der Waals surface area contributed by atoms with Crippen LogP contribution in [-0.4, -0.2) is 15.0 Å². The first kappa shape index (κ1) is 11.2. The summed E-state index contributed by atoms with van der Waals surface area (Å²) in [5, 5.41) is 0.646. The topological polar surface area (TPSA) is 44.5 Å². The number of halogens is 1. The van der Waals surface area contributed by atoms with Gasteiger partial charge in [0, 0.05) is 0 Å². The fraction of sp³-hybridized carbons (Fsp3) is 0.333. The van der Waals surface area contributed by atoms with Gasteiger partial charge < -0.3 is 9.97 Å². The molecular formula is C9H12ClN3S. The number of nitrogens with zero attached hydrogens (tertiary/aromatic N) is 1. The molecule has 0 saturated heterocycles. The minimum Gasteiger partial charge on any atom is -0.329 e. The second-order valence-electron chi connectivity index (χ2n) is 2.53. The zero-order valence-corrected chi connectivity index (χ0v) is 9.88. The van der Waals surface area contributed by atoms with E-state index in [4.69, 9.17) is 23.8 Å². The number of aromatic nitrogens is 3. The highest BCUT2D eigenvalue weighted by atomic mass is 35.5. The van der Waals surface area contributed by atoms with Crippen LogP contribution < -0.4 is 0 Å². The van der Waals surface area contributed by atoms with Gasteiger partial charge in [-0.25, -0.2) is 4.98 Å². The Hall–Kier alpha value is -0.870. The molecule has 2 rings (SSSR count). The summed E-state index contributed by atoms with van der Waals surface area (Å²) in [6.07, 6.45) is 0. The van der Waals surface area contributed by atoms with Crippen molar-refractivity contribution in [2.24, 2.45) is 0 Å². The molecule has 0 saturated carbocycles. The molecule has 0 atom stereocenters. The summed E-state index contributed by atoms with van der Waals surface area (Å²) in [6, 6.07) is 1.81. The smallest absolute Gasteiger partial charge is 0.176 e. The van der Waals surface area contributed by atoms with Crippen molar-refractivity contribution in [3.05, 3.63) is 21.6 Å². The Morgan fingerprint density at radius 1 is 1.36 bits per heavy atom. The molecule has 3 nitrogen and oxygen atoms in total. The third-order valence-corrected chi connectivity index (χ3v) is 2.22. The Morgan fingerprint density at radius 3 is 2.64 bits per heavy atom. The number of nitrogens with one attached hydrogen (secondary N) is 2. The lowest BCUT2D eigenvalue weighted by Gasteiger charge is -1.94. The van der Waals surface area contributed by atoms with Crippen LogP contribution in [0.1, 0.15) is 19.5 Å². The van der Waals surface area contributed by atoms with Crippen molar-refractivity contribution in [3.8, 4) is 0 Å². The third-order valence-electron chi connectivity index (χ3n) is 1.63. The van der Waals surface area contributed by atoms with E-state index in [1.165, 1.54) is 0 Å². The minimum atomic E-state index is 0.569. The van der Waals surface area contributed by atoms with Gasteiger partial charge in [-0.3, -0.25) is 0 Å². The van der Waals surface area contributed by atoms with Gasteiger partial charge in [0.1, 0.15) is 0 Å². The van der Waals surface area contributed by atoms with E-state index in [-0.39, 0.29) is 0 Å². The first-order valence-electron chi connectivity index (χ1n) is 4.42. The van der Waals surface area contributed by atoms with Crippen molar-refractivity contribution in [2.75, 3.05) is 0 Å². The van der Waals surface area contributed by atoms with Crippen LogP contribution in [0.2, 0.25) is 5.02 Å². The molecule has 0 aliphatic rings. The highest BCUT2D eigenvalue weighted by molar-refractivity contribution is 7.71. The second kappa shape index (κ2) is 4.57. The predicted octanol–water partition coefficient (Wildman–Crippen LogP) is 3.61. The van der Waals surface area contributed by atoms with Crippen LogP contribution in [0, 0.1) is 11.7 Å². The Balaban J connectivity index is 0.000000461. The molecule has 76 valence electrons. The zero-order chi connectivity index (χ0) is 10.7. The molecule has 0 unspecified atom stereocenters. The highest BCUT2D eigenvalue weighted by Crippen LogP contribution is 2.17. The van der Waals surface area contributed by atoms with Crippen molar-refractivity contribution in [2.45, 2.75) is 20.8 Å². The molecule has 0 fully saturated rings. The number of hydrogen-bond acceptors (Lipinski definition) is 2. The van der Waals surface area contributed by atoms with E-state index in [1.54, 1.807) is 0 Å². The average molecular weight is 230 g/mol. The van der Waals surface area contributed by atoms with Crippen LogP contribution in [0.4, 0.5) is 0 Å². The molecule has 0 aliphatic heterocycles. The number of fused-ring (bicyclic) bond motifs is 1. The molecule has 2 heterocycles. The van der Waals surface area contributed by atoms with E-state index in [0.29, 0.717) is 9.79 Å². The molecule has 0 aliphatic carbocycles. The Kier molecular flexibility index (Phi) is 3.66. The fourth-order valence-corrected chi connectivity index (χ4v) is 1.39. The summed E-state index contributed by atoms with van der Waals surface area (Å²) in [5.74, 6) is 0. The summed E-state index contributed by atoms with van der Waals surface area (Å²) < 4.78 is 0.569. The molecule has 2 aromatic rings. The zero-order valence-electron chi connectivity index (χ0n) is 8.31. The molecule has 2 aromatic heterocycles. The van der Waals surface area contributed by atoms with Gasteiger partial charge in [0.15, 0.2) is 10.4 Å². The Bertz CT molecular complexity index is 444. The monoisotopic (exact) mass is 229 g/mol.